The van der Waals surface area contributed by atoms with E-state index in [2.05, 4.69) is 0 Å². The van der Waals surface area contributed by atoms with Crippen LogP contribution in [0.3, 0.4) is 0 Å². The smallest absolute Gasteiger partial charge is 0.327 e. The highest BCUT2D eigenvalue weighted by atomic mass is 32.2. The maximum atomic E-state index is 12.4. The molecule has 2 rings (SSSR count). The maximum absolute atomic E-state index is 12.4. The van der Waals surface area contributed by atoms with Crippen molar-refractivity contribution in [1.82, 2.24) is 4.90 Å². The normalized spacial score (nSPS) is 19.2. The highest BCUT2D eigenvalue weighted by Crippen LogP contribution is 2.21. The minimum absolute atomic E-state index is 0.194. The van der Waals surface area contributed by atoms with E-state index in [1.807, 2.05) is 18.4 Å². The van der Waals surface area contributed by atoms with Crippen molar-refractivity contribution in [2.75, 3.05) is 24.3 Å². The second-order valence-corrected chi connectivity index (χ2v) is 6.19. The standard InChI is InChI=1S/C13H15NO3S2/c1-18-10-4-2-9(3-5-10)12(15)14-6-7-19-8-11(14)13(16)17/h2-5,11H,6-8H2,1H3,(H,16,17). The summed E-state index contributed by atoms with van der Waals surface area (Å²) in [5, 5.41) is 9.18. The predicted molar refractivity (Wildman–Crippen MR) is 78.0 cm³/mol. The lowest BCUT2D eigenvalue weighted by Gasteiger charge is -2.32. The summed E-state index contributed by atoms with van der Waals surface area (Å²) in [5.41, 5.74) is 0.552. The van der Waals surface area contributed by atoms with Gasteiger partial charge >= 0.3 is 5.97 Å². The molecule has 0 bridgehead atoms. The lowest BCUT2D eigenvalue weighted by atomic mass is 10.1. The molecule has 4 nitrogen and oxygen atoms in total. The maximum Gasteiger partial charge on any atom is 0.327 e. The number of nitrogens with zero attached hydrogens (tertiary/aromatic N) is 1. The zero-order valence-electron chi connectivity index (χ0n) is 10.5. The molecule has 0 aliphatic carbocycles. The third kappa shape index (κ3) is 3.25. The lowest BCUT2D eigenvalue weighted by molar-refractivity contribution is -0.141. The van der Waals surface area contributed by atoms with Gasteiger partial charge in [-0.05, 0) is 30.5 Å². The van der Waals surface area contributed by atoms with Gasteiger partial charge in [-0.2, -0.15) is 11.8 Å². The molecule has 0 aromatic heterocycles. The first-order valence-electron chi connectivity index (χ1n) is 5.89. The molecule has 1 aliphatic heterocycles. The van der Waals surface area contributed by atoms with E-state index in [1.165, 1.54) is 4.90 Å². The SMILES string of the molecule is CSc1ccc(C(=O)N2CCSCC2C(=O)O)cc1. The Hall–Kier alpha value is -1.14. The van der Waals surface area contributed by atoms with Crippen LogP contribution in [0.2, 0.25) is 0 Å². The molecule has 0 radical (unpaired) electrons. The fraction of sp³-hybridized carbons (Fsp3) is 0.385. The first-order valence-corrected chi connectivity index (χ1v) is 8.27. The van der Waals surface area contributed by atoms with E-state index >= 15 is 0 Å². The third-order valence-electron chi connectivity index (χ3n) is 3.01. The molecule has 1 aromatic carbocycles. The summed E-state index contributed by atoms with van der Waals surface area (Å²) in [5.74, 6) is 0.129. The van der Waals surface area contributed by atoms with Gasteiger partial charge in [0.15, 0.2) is 0 Å². The largest absolute Gasteiger partial charge is 0.480 e. The number of hydrogen-bond donors (Lipinski definition) is 1. The molecule has 102 valence electrons. The van der Waals surface area contributed by atoms with Crippen LogP contribution in [0.15, 0.2) is 29.2 Å². The zero-order chi connectivity index (χ0) is 13.8. The van der Waals surface area contributed by atoms with Gasteiger partial charge in [-0.3, -0.25) is 4.79 Å². The van der Waals surface area contributed by atoms with Gasteiger partial charge in [0.25, 0.3) is 5.91 Å². The number of carboxylic acid groups (broad SMARTS) is 1. The number of thioether (sulfide) groups is 2. The second kappa shape index (κ2) is 6.34. The van der Waals surface area contributed by atoms with Crippen LogP contribution in [0.4, 0.5) is 0 Å². The molecule has 1 unspecified atom stereocenters. The van der Waals surface area contributed by atoms with Crippen LogP contribution < -0.4 is 0 Å². The van der Waals surface area contributed by atoms with Gasteiger partial charge in [-0.1, -0.05) is 0 Å². The lowest BCUT2D eigenvalue weighted by Crippen LogP contribution is -2.50. The van der Waals surface area contributed by atoms with E-state index in [9.17, 15) is 14.7 Å². The first-order chi connectivity index (χ1) is 9.13. The van der Waals surface area contributed by atoms with Crippen LogP contribution in [0.5, 0.6) is 0 Å². The molecular formula is C13H15NO3S2. The topological polar surface area (TPSA) is 57.6 Å². The number of hydrogen-bond acceptors (Lipinski definition) is 4. The number of rotatable bonds is 3. The van der Waals surface area contributed by atoms with Gasteiger partial charge in [0.1, 0.15) is 6.04 Å². The zero-order valence-corrected chi connectivity index (χ0v) is 12.2. The van der Waals surface area contributed by atoms with E-state index < -0.39 is 12.0 Å². The molecule has 1 aromatic rings. The Balaban J connectivity index is 2.18. The van der Waals surface area contributed by atoms with Crippen molar-refractivity contribution < 1.29 is 14.7 Å². The Kier molecular flexibility index (Phi) is 4.76. The van der Waals surface area contributed by atoms with Gasteiger partial charge in [0, 0.05) is 28.5 Å². The molecule has 1 aliphatic rings. The molecule has 1 heterocycles. The quantitative estimate of drug-likeness (QED) is 0.865. The highest BCUT2D eigenvalue weighted by molar-refractivity contribution is 7.99. The molecule has 1 saturated heterocycles. The van der Waals surface area contributed by atoms with Crippen molar-refractivity contribution in [3.63, 3.8) is 0 Å². The summed E-state index contributed by atoms with van der Waals surface area (Å²) in [4.78, 5) is 26.1. The molecule has 19 heavy (non-hydrogen) atoms. The van der Waals surface area contributed by atoms with E-state index in [1.54, 1.807) is 35.7 Å². The predicted octanol–water partition coefficient (Wildman–Crippen LogP) is 2.05. The summed E-state index contributed by atoms with van der Waals surface area (Å²) in [6.45, 7) is 0.491. The van der Waals surface area contributed by atoms with Crippen molar-refractivity contribution in [2.24, 2.45) is 0 Å². The number of aliphatic carboxylic acids is 1. The molecule has 1 fully saturated rings. The minimum atomic E-state index is -0.929. The number of amides is 1. The molecule has 1 atom stereocenters. The van der Waals surface area contributed by atoms with E-state index in [4.69, 9.17) is 0 Å². The molecule has 0 spiro atoms. The van der Waals surface area contributed by atoms with Crippen molar-refractivity contribution in [3.8, 4) is 0 Å². The molecular weight excluding hydrogens is 282 g/mol. The molecule has 1 N–H and O–H groups in total. The van der Waals surface area contributed by atoms with E-state index in [0.717, 1.165) is 10.6 Å². The number of carbonyl (C=O) groups excluding carboxylic acids is 1. The van der Waals surface area contributed by atoms with Crippen LogP contribution in [-0.2, 0) is 4.79 Å². The highest BCUT2D eigenvalue weighted by Gasteiger charge is 2.32. The molecule has 1 amide bonds. The second-order valence-electron chi connectivity index (χ2n) is 4.16. The third-order valence-corrected chi connectivity index (χ3v) is 4.78. The fourth-order valence-corrected chi connectivity index (χ4v) is 3.40. The van der Waals surface area contributed by atoms with Crippen LogP contribution in [-0.4, -0.2) is 52.2 Å². The minimum Gasteiger partial charge on any atom is -0.480 e. The van der Waals surface area contributed by atoms with Gasteiger partial charge < -0.3 is 10.0 Å². The summed E-state index contributed by atoms with van der Waals surface area (Å²) >= 11 is 3.18. The van der Waals surface area contributed by atoms with Gasteiger partial charge in [0.2, 0.25) is 0 Å². The van der Waals surface area contributed by atoms with Crippen LogP contribution >= 0.6 is 23.5 Å². The van der Waals surface area contributed by atoms with Gasteiger partial charge in [-0.15, -0.1) is 11.8 Å². The Labute approximate surface area is 120 Å². The van der Waals surface area contributed by atoms with E-state index in [-0.39, 0.29) is 5.91 Å². The number of carboxylic acids is 1. The first kappa shape index (κ1) is 14.3. The Morgan fingerprint density at radius 1 is 1.37 bits per heavy atom. The summed E-state index contributed by atoms with van der Waals surface area (Å²) in [6, 6.07) is 6.56. The van der Waals surface area contributed by atoms with Crippen LogP contribution in [0, 0.1) is 0 Å². The Morgan fingerprint density at radius 3 is 2.63 bits per heavy atom. The Morgan fingerprint density at radius 2 is 2.05 bits per heavy atom. The Bertz CT molecular complexity index is 475. The van der Waals surface area contributed by atoms with Crippen molar-refractivity contribution in [1.29, 1.82) is 0 Å². The van der Waals surface area contributed by atoms with Crippen molar-refractivity contribution in [2.45, 2.75) is 10.9 Å². The molecule has 0 saturated carbocycles. The average molecular weight is 297 g/mol. The van der Waals surface area contributed by atoms with Gasteiger partial charge in [-0.25, -0.2) is 4.79 Å². The van der Waals surface area contributed by atoms with Crippen molar-refractivity contribution >= 4 is 35.4 Å². The number of benzene rings is 1. The van der Waals surface area contributed by atoms with Gasteiger partial charge in [0.05, 0.1) is 0 Å². The molecule has 6 heteroatoms. The van der Waals surface area contributed by atoms with Crippen LogP contribution in [0.1, 0.15) is 10.4 Å². The summed E-state index contributed by atoms with van der Waals surface area (Å²) < 4.78 is 0. The summed E-state index contributed by atoms with van der Waals surface area (Å²) in [7, 11) is 0. The van der Waals surface area contributed by atoms with E-state index in [0.29, 0.717) is 17.9 Å². The summed E-state index contributed by atoms with van der Waals surface area (Å²) in [6.07, 6.45) is 1.97. The van der Waals surface area contributed by atoms with Crippen LogP contribution in [0.25, 0.3) is 0 Å². The number of carbonyl (C=O) groups is 2. The average Bonchev–Trinajstić information content (AvgIpc) is 2.46. The van der Waals surface area contributed by atoms with Crippen molar-refractivity contribution in [3.05, 3.63) is 29.8 Å². The fourth-order valence-electron chi connectivity index (χ4n) is 1.95. The monoisotopic (exact) mass is 297 g/mol.